The van der Waals surface area contributed by atoms with Gasteiger partial charge in [0.1, 0.15) is 0 Å². The lowest BCUT2D eigenvalue weighted by atomic mass is 9.44. The summed E-state index contributed by atoms with van der Waals surface area (Å²) >= 11 is 0. The van der Waals surface area contributed by atoms with Crippen molar-refractivity contribution < 1.29 is 24.5 Å². The molecule has 0 aromatic rings. The molecule has 3 saturated carbocycles. The van der Waals surface area contributed by atoms with Gasteiger partial charge >= 0.3 is 5.97 Å². The number of hydrogen-bond donors (Lipinski definition) is 2. The highest BCUT2D eigenvalue weighted by Gasteiger charge is 2.66. The van der Waals surface area contributed by atoms with Gasteiger partial charge in [0.2, 0.25) is 0 Å². The second-order valence-corrected chi connectivity index (χ2v) is 10.5. The fraction of sp³-hybridized carbons (Fsp3) is 0.833. The topological polar surface area (TPSA) is 83.8 Å². The van der Waals surface area contributed by atoms with E-state index in [1.165, 1.54) is 7.11 Å². The summed E-state index contributed by atoms with van der Waals surface area (Å²) in [6.07, 6.45) is 8.67. The van der Waals surface area contributed by atoms with Crippen LogP contribution in [0.2, 0.25) is 0 Å². The maximum absolute atomic E-state index is 12.9. The first-order chi connectivity index (χ1) is 13.7. The first-order valence-electron chi connectivity index (χ1n) is 11.3. The molecular weight excluding hydrogens is 368 g/mol. The molecule has 2 N–H and O–H groups in total. The van der Waals surface area contributed by atoms with Crippen LogP contribution >= 0.6 is 0 Å². The number of allylic oxidation sites excluding steroid dienone is 1. The number of carbonyl (C=O) groups excluding carboxylic acids is 2. The molecule has 4 aliphatic rings. The molecule has 0 aromatic carbocycles. The summed E-state index contributed by atoms with van der Waals surface area (Å²) in [7, 11) is 1.46. The van der Waals surface area contributed by atoms with Crippen molar-refractivity contribution in [2.45, 2.75) is 77.2 Å². The summed E-state index contributed by atoms with van der Waals surface area (Å²) in [5.74, 6) is 0.568. The Morgan fingerprint density at radius 2 is 1.93 bits per heavy atom. The highest BCUT2D eigenvalue weighted by molar-refractivity contribution is 5.92. The highest BCUT2D eigenvalue weighted by atomic mass is 16.5. The maximum Gasteiger partial charge on any atom is 0.309 e. The average Bonchev–Trinajstić information content (AvgIpc) is 2.97. The zero-order chi connectivity index (χ0) is 21.0. The minimum atomic E-state index is -0.772. The van der Waals surface area contributed by atoms with Gasteiger partial charge < -0.3 is 14.9 Å². The van der Waals surface area contributed by atoms with Gasteiger partial charge in [0.15, 0.2) is 5.78 Å². The Morgan fingerprint density at radius 3 is 2.62 bits per heavy atom. The number of ether oxygens (including phenoxy) is 1. The molecule has 0 saturated heterocycles. The van der Waals surface area contributed by atoms with Gasteiger partial charge in [-0.2, -0.15) is 0 Å². The molecule has 7 atom stereocenters. The Bertz CT molecular complexity index is 729. The number of hydrogen-bond acceptors (Lipinski definition) is 5. The van der Waals surface area contributed by atoms with Gasteiger partial charge in [-0.1, -0.05) is 19.4 Å². The monoisotopic (exact) mass is 404 g/mol. The quantitative estimate of drug-likeness (QED) is 0.702. The lowest BCUT2D eigenvalue weighted by Gasteiger charge is -2.60. The molecule has 0 bridgehead atoms. The van der Waals surface area contributed by atoms with Gasteiger partial charge in [0, 0.05) is 13.0 Å². The smallest absolute Gasteiger partial charge is 0.309 e. The lowest BCUT2D eigenvalue weighted by molar-refractivity contribution is -0.168. The number of aliphatic hydroxyl groups excluding tert-OH is 1. The Balaban J connectivity index is 1.74. The highest BCUT2D eigenvalue weighted by Crippen LogP contribution is 2.69. The van der Waals surface area contributed by atoms with Crippen LogP contribution in [0.3, 0.4) is 0 Å². The predicted molar refractivity (Wildman–Crippen MR) is 109 cm³/mol. The summed E-state index contributed by atoms with van der Waals surface area (Å²) in [5, 5.41) is 20.9. The fourth-order valence-electron chi connectivity index (χ4n) is 7.85. The SMILES string of the molecule is COC(=O)C1CC2=CC(=O)CC[C@]2(C)[C@@H]2CC[C@@]3(C)[C@@H](CCC3(O)CCCO)[C@H]12. The molecule has 2 unspecified atom stereocenters. The molecule has 5 heteroatoms. The van der Waals surface area contributed by atoms with E-state index in [1.54, 1.807) is 0 Å². The van der Waals surface area contributed by atoms with Crippen LogP contribution in [0.15, 0.2) is 11.6 Å². The van der Waals surface area contributed by atoms with E-state index in [1.807, 2.05) is 6.08 Å². The van der Waals surface area contributed by atoms with Crippen LogP contribution in [0.1, 0.15) is 71.6 Å². The van der Waals surface area contributed by atoms with Crippen LogP contribution in [0.4, 0.5) is 0 Å². The lowest BCUT2D eigenvalue weighted by Crippen LogP contribution is -2.58. The standard InChI is InChI=1S/C24H36O5/c1-22-9-5-16(26)13-15(22)14-17(21(27)29-3)20-18(22)6-10-23(2)19(20)7-11-24(23,28)8-4-12-25/h13,17-20,25,28H,4-12,14H2,1-3H3/t17?,18-,19+,20-,22+,23+,24?/m1/s1. The van der Waals surface area contributed by atoms with E-state index < -0.39 is 5.60 Å². The van der Waals surface area contributed by atoms with Crippen molar-refractivity contribution in [3.05, 3.63) is 11.6 Å². The van der Waals surface area contributed by atoms with E-state index in [4.69, 9.17) is 4.74 Å². The molecule has 0 radical (unpaired) electrons. The van der Waals surface area contributed by atoms with Gasteiger partial charge in [-0.25, -0.2) is 0 Å². The number of ketones is 1. The Kier molecular flexibility index (Phi) is 5.22. The molecule has 0 spiro atoms. The average molecular weight is 405 g/mol. The van der Waals surface area contributed by atoms with E-state index in [-0.39, 0.29) is 46.9 Å². The summed E-state index contributed by atoms with van der Waals surface area (Å²) in [4.78, 5) is 25.0. The van der Waals surface area contributed by atoms with Gasteiger partial charge in [0.25, 0.3) is 0 Å². The third-order valence-electron chi connectivity index (χ3n) is 9.59. The fourth-order valence-corrected chi connectivity index (χ4v) is 7.85. The number of esters is 1. The largest absolute Gasteiger partial charge is 0.469 e. The Hall–Kier alpha value is -1.20. The summed E-state index contributed by atoms with van der Waals surface area (Å²) < 4.78 is 5.23. The maximum atomic E-state index is 12.9. The number of rotatable bonds is 4. The molecule has 0 aliphatic heterocycles. The van der Waals surface area contributed by atoms with Crippen molar-refractivity contribution in [2.75, 3.05) is 13.7 Å². The van der Waals surface area contributed by atoms with Crippen molar-refractivity contribution in [1.82, 2.24) is 0 Å². The van der Waals surface area contributed by atoms with E-state index in [0.29, 0.717) is 31.6 Å². The van der Waals surface area contributed by atoms with Crippen LogP contribution in [-0.4, -0.2) is 41.3 Å². The van der Waals surface area contributed by atoms with Gasteiger partial charge in [-0.05, 0) is 86.0 Å². The van der Waals surface area contributed by atoms with E-state index >= 15 is 0 Å². The number of fused-ring (bicyclic) bond motifs is 5. The predicted octanol–water partition coefficient (Wildman–Crippen LogP) is 3.42. The summed E-state index contributed by atoms with van der Waals surface area (Å²) in [6.45, 7) is 4.61. The van der Waals surface area contributed by atoms with Crippen molar-refractivity contribution >= 4 is 11.8 Å². The molecule has 3 fully saturated rings. The van der Waals surface area contributed by atoms with Crippen molar-refractivity contribution in [3.8, 4) is 0 Å². The first kappa shape index (κ1) is 21.0. The number of carbonyl (C=O) groups is 2. The van der Waals surface area contributed by atoms with Crippen LogP contribution in [0, 0.1) is 34.5 Å². The second kappa shape index (κ2) is 7.19. The molecule has 0 amide bonds. The van der Waals surface area contributed by atoms with E-state index in [9.17, 15) is 19.8 Å². The third-order valence-corrected chi connectivity index (χ3v) is 9.59. The molecule has 5 nitrogen and oxygen atoms in total. The van der Waals surface area contributed by atoms with Crippen LogP contribution in [-0.2, 0) is 14.3 Å². The zero-order valence-electron chi connectivity index (χ0n) is 18.1. The van der Waals surface area contributed by atoms with Crippen molar-refractivity contribution in [1.29, 1.82) is 0 Å². The summed E-state index contributed by atoms with van der Waals surface area (Å²) in [6, 6.07) is 0. The number of aliphatic hydroxyl groups is 2. The summed E-state index contributed by atoms with van der Waals surface area (Å²) in [5.41, 5.74) is 0.0991. The van der Waals surface area contributed by atoms with Gasteiger partial charge in [-0.15, -0.1) is 0 Å². The van der Waals surface area contributed by atoms with Crippen LogP contribution in [0.25, 0.3) is 0 Å². The molecule has 4 aliphatic carbocycles. The first-order valence-corrected chi connectivity index (χ1v) is 11.3. The molecular formula is C24H36O5. The Morgan fingerprint density at radius 1 is 1.21 bits per heavy atom. The van der Waals surface area contributed by atoms with E-state index in [0.717, 1.165) is 37.7 Å². The van der Waals surface area contributed by atoms with E-state index in [2.05, 4.69) is 13.8 Å². The third kappa shape index (κ3) is 2.95. The van der Waals surface area contributed by atoms with Gasteiger partial charge in [-0.3, -0.25) is 9.59 Å². The van der Waals surface area contributed by atoms with Crippen molar-refractivity contribution in [3.63, 3.8) is 0 Å². The molecule has 0 aromatic heterocycles. The molecule has 0 heterocycles. The second-order valence-electron chi connectivity index (χ2n) is 10.5. The minimum absolute atomic E-state index is 0.0315. The molecule has 4 rings (SSSR count). The van der Waals surface area contributed by atoms with Gasteiger partial charge in [0.05, 0.1) is 18.6 Å². The normalized spacial score (nSPS) is 46.4. The minimum Gasteiger partial charge on any atom is -0.469 e. The van der Waals surface area contributed by atoms with Crippen molar-refractivity contribution in [2.24, 2.45) is 34.5 Å². The van der Waals surface area contributed by atoms with Crippen LogP contribution < -0.4 is 0 Å². The number of methoxy groups -OCH3 is 1. The van der Waals surface area contributed by atoms with Crippen LogP contribution in [0.5, 0.6) is 0 Å². The molecule has 162 valence electrons. The Labute approximate surface area is 173 Å². The molecule has 29 heavy (non-hydrogen) atoms. The zero-order valence-corrected chi connectivity index (χ0v) is 18.1.